The van der Waals surface area contributed by atoms with Crippen LogP contribution in [0.3, 0.4) is 0 Å². The average Bonchev–Trinajstić information content (AvgIpc) is 3.79. The van der Waals surface area contributed by atoms with Gasteiger partial charge < -0.3 is 24.4 Å². The average molecular weight is 755 g/mol. The fourth-order valence-corrected chi connectivity index (χ4v) is 8.23. The van der Waals surface area contributed by atoms with Gasteiger partial charge in [-0.1, -0.05) is 17.7 Å². The number of nitrogens with zero attached hydrogens (tertiary/aromatic N) is 5. The number of hydrogen-bond donors (Lipinski definition) is 1. The summed E-state index contributed by atoms with van der Waals surface area (Å²) in [5.41, 5.74) is 1.59. The Labute approximate surface area is 308 Å². The number of esters is 2. The molecule has 3 aliphatic heterocycles. The Kier molecular flexibility index (Phi) is 10.4. The highest BCUT2D eigenvalue weighted by molar-refractivity contribution is 7.11. The summed E-state index contributed by atoms with van der Waals surface area (Å²) in [6, 6.07) is 6.93. The molecule has 12 nitrogen and oxygen atoms in total. The highest BCUT2D eigenvalue weighted by atomic mass is 35.5. The molecule has 274 valence electrons. The van der Waals surface area contributed by atoms with E-state index in [0.29, 0.717) is 85.4 Å². The predicted molar refractivity (Wildman–Crippen MR) is 189 cm³/mol. The second-order valence-corrected chi connectivity index (χ2v) is 14.4. The molecule has 0 bridgehead atoms. The van der Waals surface area contributed by atoms with Crippen molar-refractivity contribution in [2.24, 2.45) is 10.9 Å². The Morgan fingerprint density at radius 1 is 1.02 bits per heavy atom. The summed E-state index contributed by atoms with van der Waals surface area (Å²) in [4.78, 5) is 53.6. The molecule has 16 heteroatoms. The molecule has 1 aromatic heterocycles. The third kappa shape index (κ3) is 7.34. The second-order valence-electron chi connectivity index (χ2n) is 13.1. The Bertz CT molecular complexity index is 1920. The number of halogens is 3. The number of rotatable bonds is 9. The van der Waals surface area contributed by atoms with E-state index in [1.807, 2.05) is 5.38 Å². The van der Waals surface area contributed by atoms with Crippen LogP contribution in [0.2, 0.25) is 5.02 Å². The molecule has 2 unspecified atom stereocenters. The topological polar surface area (TPSA) is 126 Å². The lowest BCUT2D eigenvalue weighted by Gasteiger charge is -2.38. The predicted octanol–water partition coefficient (Wildman–Crippen LogP) is 5.33. The van der Waals surface area contributed by atoms with E-state index in [0.717, 1.165) is 0 Å². The van der Waals surface area contributed by atoms with Crippen LogP contribution < -0.4 is 15.0 Å². The maximum atomic E-state index is 14.9. The number of fused-ring (bicyclic) bond motifs is 1. The van der Waals surface area contributed by atoms with Crippen molar-refractivity contribution in [1.29, 1.82) is 0 Å². The first kappa shape index (κ1) is 35.8. The van der Waals surface area contributed by atoms with Crippen molar-refractivity contribution in [3.8, 4) is 5.75 Å². The molecule has 2 aromatic carbocycles. The molecule has 3 fully saturated rings. The summed E-state index contributed by atoms with van der Waals surface area (Å²) < 4.78 is 45.2. The summed E-state index contributed by atoms with van der Waals surface area (Å²) in [6.45, 7) is 1.96. The molecule has 1 saturated carbocycles. The van der Waals surface area contributed by atoms with Gasteiger partial charge in [0.1, 0.15) is 23.4 Å². The summed E-state index contributed by atoms with van der Waals surface area (Å²) in [5.74, 6) is -1.27. The van der Waals surface area contributed by atoms with Gasteiger partial charge in [0.25, 0.3) is 0 Å². The van der Waals surface area contributed by atoms with Crippen LogP contribution in [0, 0.1) is 17.6 Å². The van der Waals surface area contributed by atoms with E-state index < -0.39 is 23.6 Å². The van der Waals surface area contributed by atoms with Gasteiger partial charge in [0, 0.05) is 72.7 Å². The fraction of sp³-hybridized carbons (Fsp3) is 0.417. The van der Waals surface area contributed by atoms with Crippen molar-refractivity contribution in [2.75, 3.05) is 51.8 Å². The van der Waals surface area contributed by atoms with Crippen LogP contribution in [-0.4, -0.2) is 97.7 Å². The van der Waals surface area contributed by atoms with Gasteiger partial charge >= 0.3 is 18.0 Å². The van der Waals surface area contributed by atoms with Crippen molar-refractivity contribution in [3.05, 3.63) is 86.5 Å². The summed E-state index contributed by atoms with van der Waals surface area (Å²) in [6.07, 6.45) is 4.00. The Hall–Kier alpha value is -4.60. The molecular weight excluding hydrogens is 718 g/mol. The van der Waals surface area contributed by atoms with Crippen LogP contribution in [0.4, 0.5) is 19.3 Å². The van der Waals surface area contributed by atoms with E-state index in [1.54, 1.807) is 22.1 Å². The largest absolute Gasteiger partial charge is 0.490 e. The van der Waals surface area contributed by atoms with Crippen molar-refractivity contribution in [2.45, 2.75) is 43.9 Å². The molecule has 52 heavy (non-hydrogen) atoms. The molecule has 0 radical (unpaired) electrons. The number of carbonyl (C=O) groups is 3. The van der Waals surface area contributed by atoms with Crippen LogP contribution in [0.5, 0.6) is 5.75 Å². The number of hydrogen-bond acceptors (Lipinski definition) is 11. The number of aliphatic imine (C=N–C) groups is 1. The third-order valence-electron chi connectivity index (χ3n) is 9.92. The maximum absolute atomic E-state index is 14.9. The number of carbonyl (C=O) groups excluding carboxylic acids is 3. The normalized spacial score (nSPS) is 23.6. The number of aromatic nitrogens is 1. The molecule has 7 rings (SSSR count). The number of thiazole rings is 1. The Morgan fingerprint density at radius 2 is 1.83 bits per heavy atom. The number of nitrogens with one attached hydrogen (secondary N) is 1. The van der Waals surface area contributed by atoms with Gasteiger partial charge in [-0.2, -0.15) is 0 Å². The van der Waals surface area contributed by atoms with Gasteiger partial charge in [-0.05, 0) is 43.9 Å². The molecule has 2 amide bonds. The zero-order valence-electron chi connectivity index (χ0n) is 28.5. The van der Waals surface area contributed by atoms with E-state index in [4.69, 9.17) is 30.8 Å². The third-order valence-corrected chi connectivity index (χ3v) is 11.0. The first-order valence-corrected chi connectivity index (χ1v) is 18.2. The van der Waals surface area contributed by atoms with Crippen LogP contribution in [-0.2, 0) is 19.1 Å². The quantitative estimate of drug-likeness (QED) is 0.289. The number of anilines is 1. The molecule has 1 N–H and O–H groups in total. The van der Waals surface area contributed by atoms with E-state index in [-0.39, 0.29) is 47.2 Å². The second kappa shape index (κ2) is 15.2. The number of urea groups is 1. The maximum Gasteiger partial charge on any atom is 0.338 e. The van der Waals surface area contributed by atoms with Gasteiger partial charge in [0.05, 0.1) is 43.5 Å². The Balaban J connectivity index is 1.09. The molecule has 2 atom stereocenters. The summed E-state index contributed by atoms with van der Waals surface area (Å²) in [7, 11) is 2.67. The lowest BCUT2D eigenvalue weighted by molar-refractivity contribution is -0.147. The molecule has 2 saturated heterocycles. The van der Waals surface area contributed by atoms with Gasteiger partial charge in [-0.3, -0.25) is 19.6 Å². The number of methoxy groups -OCH3 is 2. The molecule has 1 aliphatic carbocycles. The van der Waals surface area contributed by atoms with Crippen molar-refractivity contribution in [1.82, 2.24) is 20.1 Å². The van der Waals surface area contributed by atoms with E-state index in [2.05, 4.69) is 15.2 Å². The summed E-state index contributed by atoms with van der Waals surface area (Å²) in [5, 5.41) is 5.83. The van der Waals surface area contributed by atoms with Crippen LogP contribution in [0.1, 0.15) is 42.3 Å². The van der Waals surface area contributed by atoms with Crippen LogP contribution in [0.15, 0.2) is 64.2 Å². The first-order valence-electron chi connectivity index (χ1n) is 17.0. The van der Waals surface area contributed by atoms with Gasteiger partial charge in [-0.25, -0.2) is 23.4 Å². The number of amides is 2. The molecule has 3 aromatic rings. The minimum atomic E-state index is -0.896. The SMILES string of the molecule is COC(=O)C1=C(CN2CCN3C(=O)N(c4cc(F)cc(OC5CCC(C(=O)OC)CC5)c4)CC3C2)NC(c2nccs2)=NC1c1ccc(F)cc1Cl. The Morgan fingerprint density at radius 3 is 2.54 bits per heavy atom. The van der Waals surface area contributed by atoms with Crippen molar-refractivity contribution >= 4 is 52.4 Å². The highest BCUT2D eigenvalue weighted by Crippen LogP contribution is 2.38. The fourth-order valence-electron chi connectivity index (χ4n) is 7.37. The number of benzene rings is 2. The number of ether oxygens (including phenoxy) is 3. The molecule has 4 heterocycles. The molecular formula is C36H37ClF2N6O6S. The first-order chi connectivity index (χ1) is 25.1. The van der Waals surface area contributed by atoms with Gasteiger partial charge in [0.15, 0.2) is 10.8 Å². The van der Waals surface area contributed by atoms with E-state index in [1.165, 1.54) is 55.9 Å². The molecule has 0 spiro atoms. The zero-order valence-corrected chi connectivity index (χ0v) is 30.1. The van der Waals surface area contributed by atoms with Crippen molar-refractivity contribution < 1.29 is 37.4 Å². The summed E-state index contributed by atoms with van der Waals surface area (Å²) >= 11 is 7.87. The van der Waals surface area contributed by atoms with E-state index in [9.17, 15) is 23.2 Å². The number of amidine groups is 1. The highest BCUT2D eigenvalue weighted by Gasteiger charge is 2.43. The standard InChI is InChI=1S/C36H37ClF2N6O6S/c1-49-34(46)20-3-6-25(7-4-20)51-26-14-22(39)13-23(16-26)45-18-24-17-43(10-11-44(24)36(45)48)19-29-30(35(47)50-2)31(27-8-5-21(38)15-28(27)37)42-32(41-29)33-40-9-12-52-33/h5,8-9,12-16,20,24-25,31H,3-4,6-7,10-11,17-19H2,1-2H3,(H,41,42). The van der Waals surface area contributed by atoms with Crippen molar-refractivity contribution in [3.63, 3.8) is 0 Å². The minimum Gasteiger partial charge on any atom is -0.490 e. The van der Waals surface area contributed by atoms with Gasteiger partial charge in [0.2, 0.25) is 0 Å². The minimum absolute atomic E-state index is 0.116. The van der Waals surface area contributed by atoms with E-state index >= 15 is 0 Å². The van der Waals surface area contributed by atoms with Gasteiger partial charge in [-0.15, -0.1) is 11.3 Å². The van der Waals surface area contributed by atoms with Crippen LogP contribution >= 0.6 is 22.9 Å². The zero-order chi connectivity index (χ0) is 36.5. The smallest absolute Gasteiger partial charge is 0.338 e. The lowest BCUT2D eigenvalue weighted by Crippen LogP contribution is -2.53. The molecule has 4 aliphatic rings. The lowest BCUT2D eigenvalue weighted by atomic mass is 9.87. The monoisotopic (exact) mass is 754 g/mol. The van der Waals surface area contributed by atoms with Crippen LogP contribution in [0.25, 0.3) is 0 Å². The number of piperazine rings is 1.